The molecule has 3 nitrogen and oxygen atoms in total. The lowest BCUT2D eigenvalue weighted by molar-refractivity contribution is 0.918. The molecule has 0 aliphatic rings. The molecule has 0 aliphatic carbocycles. The third-order valence-corrected chi connectivity index (χ3v) is 5.10. The topological polar surface area (TPSA) is 38.7 Å². The quantitative estimate of drug-likeness (QED) is 0.455. The molecule has 0 unspecified atom stereocenters. The standard InChI is InChI=1S/C17H9N3S/c1-2-4-10(5-3-1)17-11-6-7-12-16-13(19-20-18-12)8-9-14(21-17)15(11)16/h1-9H. The molecule has 0 amide bonds. The number of aromatic nitrogens is 3. The van der Waals surface area contributed by atoms with E-state index in [-0.39, 0.29) is 0 Å². The highest BCUT2D eigenvalue weighted by Gasteiger charge is 2.16. The Morgan fingerprint density at radius 1 is 0.714 bits per heavy atom. The van der Waals surface area contributed by atoms with E-state index < -0.39 is 0 Å². The van der Waals surface area contributed by atoms with Gasteiger partial charge in [0.2, 0.25) is 0 Å². The van der Waals surface area contributed by atoms with Gasteiger partial charge in [-0.1, -0.05) is 36.4 Å². The lowest BCUT2D eigenvalue weighted by atomic mass is 10.0. The molecule has 0 atom stereocenters. The SMILES string of the molecule is c1ccc(-c2sc3ccc4nnnc5ccc2c3c45)cc1. The summed E-state index contributed by atoms with van der Waals surface area (Å²) in [6, 6.07) is 18.9. The maximum Gasteiger partial charge on any atom is 0.0977 e. The molecular formula is C17H9N3S. The minimum atomic E-state index is 0.913. The monoisotopic (exact) mass is 287 g/mol. The van der Waals surface area contributed by atoms with Crippen LogP contribution in [0.2, 0.25) is 0 Å². The van der Waals surface area contributed by atoms with Crippen molar-refractivity contribution in [1.82, 2.24) is 15.4 Å². The minimum Gasteiger partial charge on any atom is -0.135 e. The van der Waals surface area contributed by atoms with Crippen LogP contribution in [0.25, 0.3) is 42.3 Å². The molecule has 0 saturated carbocycles. The highest BCUT2D eigenvalue weighted by atomic mass is 32.1. The van der Waals surface area contributed by atoms with Gasteiger partial charge in [-0.3, -0.25) is 0 Å². The Bertz CT molecular complexity index is 1070. The van der Waals surface area contributed by atoms with Crippen molar-refractivity contribution in [3.05, 3.63) is 54.6 Å². The summed E-state index contributed by atoms with van der Waals surface area (Å²) < 4.78 is 1.27. The molecule has 3 aromatic carbocycles. The van der Waals surface area contributed by atoms with Gasteiger partial charge >= 0.3 is 0 Å². The second-order valence-electron chi connectivity index (χ2n) is 5.05. The van der Waals surface area contributed by atoms with Gasteiger partial charge in [0, 0.05) is 25.7 Å². The second kappa shape index (κ2) is 3.96. The van der Waals surface area contributed by atoms with Crippen molar-refractivity contribution in [2.45, 2.75) is 0 Å². The molecule has 21 heavy (non-hydrogen) atoms. The van der Waals surface area contributed by atoms with E-state index in [1.807, 2.05) is 29.5 Å². The number of hydrogen-bond donors (Lipinski definition) is 0. The Hall–Kier alpha value is -2.59. The summed E-state index contributed by atoms with van der Waals surface area (Å²) in [6.07, 6.45) is 0. The van der Waals surface area contributed by atoms with Crippen molar-refractivity contribution in [3.63, 3.8) is 0 Å². The normalized spacial score (nSPS) is 11.8. The maximum atomic E-state index is 4.16. The number of nitrogens with zero attached hydrogens (tertiary/aromatic N) is 3. The van der Waals surface area contributed by atoms with Crippen LogP contribution in [0.15, 0.2) is 54.6 Å². The molecule has 5 aromatic rings. The van der Waals surface area contributed by atoms with Gasteiger partial charge in [-0.15, -0.1) is 21.5 Å². The molecule has 0 radical (unpaired) electrons. The number of rotatable bonds is 1. The van der Waals surface area contributed by atoms with Crippen molar-refractivity contribution in [2.75, 3.05) is 0 Å². The Labute approximate surface area is 124 Å². The zero-order valence-electron chi connectivity index (χ0n) is 10.9. The van der Waals surface area contributed by atoms with Crippen molar-refractivity contribution >= 4 is 43.2 Å². The molecule has 0 aliphatic heterocycles. The minimum absolute atomic E-state index is 0.913. The fourth-order valence-corrected chi connectivity index (χ4v) is 4.16. The predicted octanol–water partition coefficient (Wildman–Crippen LogP) is 4.50. The van der Waals surface area contributed by atoms with E-state index in [2.05, 4.69) is 51.8 Å². The summed E-state index contributed by atoms with van der Waals surface area (Å²) in [5.41, 5.74) is 3.08. The maximum absolute atomic E-state index is 4.16. The van der Waals surface area contributed by atoms with E-state index in [4.69, 9.17) is 0 Å². The van der Waals surface area contributed by atoms with Gasteiger partial charge < -0.3 is 0 Å². The summed E-state index contributed by atoms with van der Waals surface area (Å²) in [4.78, 5) is 1.30. The van der Waals surface area contributed by atoms with Crippen molar-refractivity contribution < 1.29 is 0 Å². The summed E-state index contributed by atoms with van der Waals surface area (Å²) in [6.45, 7) is 0. The summed E-state index contributed by atoms with van der Waals surface area (Å²) in [7, 11) is 0. The molecule has 0 N–H and O–H groups in total. The Morgan fingerprint density at radius 3 is 2.29 bits per heavy atom. The smallest absolute Gasteiger partial charge is 0.0977 e. The van der Waals surface area contributed by atoms with Crippen LogP contribution in [-0.2, 0) is 0 Å². The number of benzene rings is 3. The molecule has 2 heterocycles. The highest BCUT2D eigenvalue weighted by molar-refractivity contribution is 7.23. The predicted molar refractivity (Wildman–Crippen MR) is 86.8 cm³/mol. The van der Waals surface area contributed by atoms with Crippen LogP contribution < -0.4 is 0 Å². The Kier molecular flexibility index (Phi) is 2.10. The lowest BCUT2D eigenvalue weighted by Gasteiger charge is -2.03. The molecule has 4 heteroatoms. The highest BCUT2D eigenvalue weighted by Crippen LogP contribution is 2.43. The first-order valence-corrected chi connectivity index (χ1v) is 7.55. The van der Waals surface area contributed by atoms with Crippen LogP contribution in [-0.4, -0.2) is 15.4 Å². The molecular weight excluding hydrogens is 278 g/mol. The van der Waals surface area contributed by atoms with Crippen molar-refractivity contribution in [3.8, 4) is 10.4 Å². The third-order valence-electron chi connectivity index (χ3n) is 3.88. The van der Waals surface area contributed by atoms with Gasteiger partial charge in [-0.2, -0.15) is 0 Å². The molecule has 2 aromatic heterocycles. The number of hydrogen-bond acceptors (Lipinski definition) is 4. The van der Waals surface area contributed by atoms with Crippen LogP contribution in [0.4, 0.5) is 0 Å². The van der Waals surface area contributed by atoms with Gasteiger partial charge in [-0.25, -0.2) is 0 Å². The number of thiophene rings is 1. The van der Waals surface area contributed by atoms with Crippen LogP contribution >= 0.6 is 11.3 Å². The molecule has 0 fully saturated rings. The third kappa shape index (κ3) is 1.45. The fraction of sp³-hybridized carbons (Fsp3) is 0. The second-order valence-corrected chi connectivity index (χ2v) is 6.10. The Morgan fingerprint density at radius 2 is 1.48 bits per heavy atom. The van der Waals surface area contributed by atoms with E-state index in [0.29, 0.717) is 0 Å². The summed E-state index contributed by atoms with van der Waals surface area (Å²) in [5.74, 6) is 0. The Balaban J connectivity index is 2.02. The van der Waals surface area contributed by atoms with Crippen LogP contribution in [0.3, 0.4) is 0 Å². The van der Waals surface area contributed by atoms with E-state index in [1.165, 1.54) is 25.9 Å². The first-order valence-electron chi connectivity index (χ1n) is 6.74. The average Bonchev–Trinajstić information content (AvgIpc) is 2.94. The van der Waals surface area contributed by atoms with Crippen LogP contribution in [0.1, 0.15) is 0 Å². The lowest BCUT2D eigenvalue weighted by Crippen LogP contribution is -1.90. The van der Waals surface area contributed by atoms with Crippen molar-refractivity contribution in [2.24, 2.45) is 0 Å². The summed E-state index contributed by atoms with van der Waals surface area (Å²) >= 11 is 1.82. The van der Waals surface area contributed by atoms with Crippen LogP contribution in [0, 0.1) is 0 Å². The first kappa shape index (κ1) is 11.1. The van der Waals surface area contributed by atoms with E-state index in [0.717, 1.165) is 16.4 Å². The molecule has 0 saturated heterocycles. The average molecular weight is 287 g/mol. The zero-order chi connectivity index (χ0) is 13.8. The van der Waals surface area contributed by atoms with Gasteiger partial charge in [0.1, 0.15) is 0 Å². The molecule has 98 valence electrons. The largest absolute Gasteiger partial charge is 0.135 e. The van der Waals surface area contributed by atoms with E-state index in [9.17, 15) is 0 Å². The first-order chi connectivity index (χ1) is 10.4. The van der Waals surface area contributed by atoms with E-state index >= 15 is 0 Å². The molecule has 5 rings (SSSR count). The van der Waals surface area contributed by atoms with Gasteiger partial charge in [-0.05, 0) is 29.0 Å². The van der Waals surface area contributed by atoms with Gasteiger partial charge in [0.25, 0.3) is 0 Å². The van der Waals surface area contributed by atoms with Crippen molar-refractivity contribution in [1.29, 1.82) is 0 Å². The molecule has 0 spiro atoms. The van der Waals surface area contributed by atoms with Gasteiger partial charge in [0.15, 0.2) is 0 Å². The van der Waals surface area contributed by atoms with Gasteiger partial charge in [0.05, 0.1) is 11.0 Å². The van der Waals surface area contributed by atoms with Crippen LogP contribution in [0.5, 0.6) is 0 Å². The molecule has 0 bridgehead atoms. The van der Waals surface area contributed by atoms with E-state index in [1.54, 1.807) is 0 Å². The zero-order valence-corrected chi connectivity index (χ0v) is 11.8. The summed E-state index contributed by atoms with van der Waals surface area (Å²) in [5, 5.41) is 15.8. The fourth-order valence-electron chi connectivity index (χ4n) is 2.96.